The van der Waals surface area contributed by atoms with E-state index in [1.807, 2.05) is 41.3 Å². The number of nitriles is 1. The highest BCUT2D eigenvalue weighted by atomic mass is 127. The van der Waals surface area contributed by atoms with Gasteiger partial charge in [-0.05, 0) is 92.4 Å². The molecule has 0 saturated heterocycles. The van der Waals surface area contributed by atoms with E-state index < -0.39 is 5.92 Å². The lowest BCUT2D eigenvalue weighted by Gasteiger charge is -2.43. The quantitative estimate of drug-likeness (QED) is 0.318. The minimum atomic E-state index is -0.509. The summed E-state index contributed by atoms with van der Waals surface area (Å²) in [6.07, 6.45) is 1.14. The van der Waals surface area contributed by atoms with Crippen LogP contribution in [0.5, 0.6) is 5.75 Å². The van der Waals surface area contributed by atoms with E-state index in [2.05, 4.69) is 81.0 Å². The maximum atomic E-state index is 13.6. The van der Waals surface area contributed by atoms with E-state index >= 15 is 0 Å². The van der Waals surface area contributed by atoms with Crippen molar-refractivity contribution in [3.05, 3.63) is 81.8 Å². The summed E-state index contributed by atoms with van der Waals surface area (Å²) >= 11 is 7.99. The third-order valence-corrected chi connectivity index (χ3v) is 8.79. The fraction of sp³-hybridized carbons (Fsp3) is 0.357. The van der Waals surface area contributed by atoms with Crippen LogP contribution in [-0.2, 0) is 16.1 Å². The molecule has 37 heavy (non-hydrogen) atoms. The van der Waals surface area contributed by atoms with Crippen LogP contribution in [-0.4, -0.2) is 30.9 Å². The number of hydrogen-bond acceptors (Lipinski definition) is 6. The summed E-state index contributed by atoms with van der Waals surface area (Å²) < 4.78 is 14.4. The van der Waals surface area contributed by atoms with Gasteiger partial charge in [-0.3, -0.25) is 4.79 Å². The number of hydrogen-bond donors (Lipinski definition) is 1. The van der Waals surface area contributed by atoms with Crippen molar-refractivity contribution in [1.29, 1.82) is 5.26 Å². The van der Waals surface area contributed by atoms with E-state index in [-0.39, 0.29) is 11.2 Å². The molecule has 9 heteroatoms. The smallest absolute Gasteiger partial charge is 0.162 e. The summed E-state index contributed by atoms with van der Waals surface area (Å²) in [5.41, 5.74) is 10.3. The molecule has 1 heterocycles. The number of halogens is 3. The number of rotatable bonds is 7. The van der Waals surface area contributed by atoms with Crippen molar-refractivity contribution in [2.75, 3.05) is 20.3 Å². The lowest BCUT2D eigenvalue weighted by atomic mass is 9.68. The Kier molecular flexibility index (Phi) is 8.93. The van der Waals surface area contributed by atoms with Crippen LogP contribution < -0.4 is 10.5 Å². The largest absolute Gasteiger partial charge is 0.487 e. The molecule has 0 spiro atoms. The first kappa shape index (κ1) is 28.4. The Labute approximate surface area is 253 Å². The fourth-order valence-electron chi connectivity index (χ4n) is 4.97. The average Bonchev–Trinajstić information content (AvgIpc) is 2.82. The molecule has 2 aromatic rings. The van der Waals surface area contributed by atoms with Gasteiger partial charge in [0.25, 0.3) is 0 Å². The predicted molar refractivity (Wildman–Crippen MR) is 164 cm³/mol. The maximum Gasteiger partial charge on any atom is 0.162 e. The summed E-state index contributed by atoms with van der Waals surface area (Å²) in [6, 6.07) is 14.4. The van der Waals surface area contributed by atoms with Gasteiger partial charge in [-0.15, -0.1) is 0 Å². The molecule has 0 amide bonds. The second-order valence-corrected chi connectivity index (χ2v) is 13.3. The lowest BCUT2D eigenvalue weighted by Crippen LogP contribution is -2.43. The van der Waals surface area contributed by atoms with Crippen LogP contribution in [0.2, 0.25) is 0 Å². The van der Waals surface area contributed by atoms with Gasteiger partial charge < -0.3 is 20.1 Å². The number of nitrogens with two attached hydrogens (primary N) is 1. The van der Waals surface area contributed by atoms with Crippen LogP contribution in [0.3, 0.4) is 0 Å². The molecule has 2 aromatic carbocycles. The monoisotopic (exact) mass is 787 g/mol. The zero-order chi connectivity index (χ0) is 26.9. The number of methoxy groups -OCH3 is 1. The Balaban J connectivity index is 1.76. The van der Waals surface area contributed by atoms with Gasteiger partial charge in [0.15, 0.2) is 5.78 Å². The first-order valence-corrected chi connectivity index (χ1v) is 14.8. The number of nitrogens with zero attached hydrogens (tertiary/aromatic N) is 2. The Morgan fingerprint density at radius 2 is 1.84 bits per heavy atom. The van der Waals surface area contributed by atoms with Gasteiger partial charge in [0.2, 0.25) is 0 Å². The van der Waals surface area contributed by atoms with E-state index in [0.717, 1.165) is 34.2 Å². The molecular weight excluding hydrogens is 760 g/mol. The first-order valence-electron chi connectivity index (χ1n) is 11.8. The molecule has 0 aromatic heterocycles. The summed E-state index contributed by atoms with van der Waals surface area (Å²) in [5.74, 6) is 0.741. The molecule has 2 N–H and O–H groups in total. The molecule has 1 aliphatic carbocycles. The topological polar surface area (TPSA) is 88.6 Å². The van der Waals surface area contributed by atoms with Crippen molar-refractivity contribution in [3.63, 3.8) is 0 Å². The number of Topliss-reactive ketones (excluding diaryl/α,β-unsaturated/α-hetero) is 1. The molecule has 6 nitrogen and oxygen atoms in total. The summed E-state index contributed by atoms with van der Waals surface area (Å²) in [4.78, 5) is 15.5. The molecule has 0 bridgehead atoms. The van der Waals surface area contributed by atoms with Crippen molar-refractivity contribution >= 4 is 66.9 Å². The van der Waals surface area contributed by atoms with E-state index in [1.165, 1.54) is 0 Å². The van der Waals surface area contributed by atoms with Crippen LogP contribution in [0.15, 0.2) is 63.5 Å². The van der Waals surface area contributed by atoms with Gasteiger partial charge in [-0.25, -0.2) is 0 Å². The van der Waals surface area contributed by atoms with Gasteiger partial charge in [0.05, 0.1) is 31.3 Å². The van der Waals surface area contributed by atoms with Crippen molar-refractivity contribution in [2.45, 2.75) is 39.2 Å². The molecule has 4 rings (SSSR count). The van der Waals surface area contributed by atoms with E-state index in [1.54, 1.807) is 7.11 Å². The molecule has 194 valence electrons. The zero-order valence-corrected chi connectivity index (χ0v) is 26.8. The van der Waals surface area contributed by atoms with E-state index in [4.69, 9.17) is 15.2 Å². The summed E-state index contributed by atoms with van der Waals surface area (Å²) in [7, 11) is 1.63. The highest BCUT2D eigenvalue weighted by Gasteiger charge is 2.44. The summed E-state index contributed by atoms with van der Waals surface area (Å²) in [5, 5.41) is 10.2. The van der Waals surface area contributed by atoms with Gasteiger partial charge >= 0.3 is 0 Å². The number of ketones is 1. The Morgan fingerprint density at radius 1 is 1.19 bits per heavy atom. The second kappa shape index (κ2) is 11.6. The number of carbonyl (C=O) groups excluding carboxylic acids is 1. The van der Waals surface area contributed by atoms with Crippen LogP contribution >= 0.6 is 61.1 Å². The van der Waals surface area contributed by atoms with Crippen molar-refractivity contribution < 1.29 is 14.3 Å². The maximum absolute atomic E-state index is 13.6. The molecule has 2 aliphatic rings. The third-order valence-electron chi connectivity index (χ3n) is 6.66. The fourth-order valence-corrected chi connectivity index (χ4v) is 7.36. The normalized spacial score (nSPS) is 19.1. The second-order valence-electron chi connectivity index (χ2n) is 10.0. The lowest BCUT2D eigenvalue weighted by molar-refractivity contribution is -0.118. The van der Waals surface area contributed by atoms with Gasteiger partial charge in [-0.1, -0.05) is 41.9 Å². The molecule has 1 atom stereocenters. The number of benzene rings is 2. The van der Waals surface area contributed by atoms with Crippen LogP contribution in [0, 0.1) is 23.9 Å². The molecule has 0 saturated carbocycles. The third kappa shape index (κ3) is 6.02. The minimum absolute atomic E-state index is 0.0690. The van der Waals surface area contributed by atoms with Crippen LogP contribution in [0.25, 0.3) is 0 Å². The SMILES string of the molecule is COCCN1C(N)=C(C#N)[C@@H](c2cc(I)c(OCc3ccc(Br)cc3)c(I)c2)C2=C1CC(C)(C)CC2=O. The van der Waals surface area contributed by atoms with Crippen LogP contribution in [0.4, 0.5) is 0 Å². The Hall–Kier alpha value is -1.62. The molecular formula is C28H28BrI2N3O3. The van der Waals surface area contributed by atoms with E-state index in [9.17, 15) is 10.1 Å². The Bertz CT molecular complexity index is 1310. The van der Waals surface area contributed by atoms with Crippen molar-refractivity contribution in [2.24, 2.45) is 11.1 Å². The van der Waals surface area contributed by atoms with E-state index in [0.29, 0.717) is 49.6 Å². The Morgan fingerprint density at radius 3 is 2.43 bits per heavy atom. The first-order chi connectivity index (χ1) is 17.6. The van der Waals surface area contributed by atoms with Crippen molar-refractivity contribution in [1.82, 2.24) is 4.90 Å². The number of carbonyl (C=O) groups is 1. The van der Waals surface area contributed by atoms with Gasteiger partial charge in [0, 0.05) is 35.8 Å². The zero-order valence-electron chi connectivity index (χ0n) is 20.9. The molecule has 1 aliphatic heterocycles. The minimum Gasteiger partial charge on any atom is -0.487 e. The van der Waals surface area contributed by atoms with Gasteiger partial charge in [-0.2, -0.15) is 5.26 Å². The highest BCUT2D eigenvalue weighted by molar-refractivity contribution is 14.1. The standard InChI is InChI=1S/C28H28BrI2N3O3/c1-28(2)12-22-25(23(35)13-28)24(19(14-32)27(33)34(22)8-9-36-3)17-10-20(30)26(21(31)11-17)37-15-16-4-6-18(29)7-5-16/h4-7,10-11,24H,8-9,12-13,15,33H2,1-3H3/t24-/m1/s1. The molecule has 0 radical (unpaired) electrons. The highest BCUT2D eigenvalue weighted by Crippen LogP contribution is 2.49. The predicted octanol–water partition coefficient (Wildman–Crippen LogP) is 6.62. The van der Waals surface area contributed by atoms with Gasteiger partial charge in [0.1, 0.15) is 18.2 Å². The van der Waals surface area contributed by atoms with Crippen molar-refractivity contribution in [3.8, 4) is 11.8 Å². The molecule has 0 fully saturated rings. The number of ether oxygens (including phenoxy) is 2. The average molecular weight is 788 g/mol. The molecule has 0 unspecified atom stereocenters. The number of allylic oxidation sites excluding steroid dienone is 3. The summed E-state index contributed by atoms with van der Waals surface area (Å²) in [6.45, 7) is 5.56. The van der Waals surface area contributed by atoms with Crippen LogP contribution in [0.1, 0.15) is 43.7 Å².